The summed E-state index contributed by atoms with van der Waals surface area (Å²) >= 11 is 0. The first-order chi connectivity index (χ1) is 9.99. The Morgan fingerprint density at radius 2 is 2.05 bits per heavy atom. The molecule has 1 aliphatic carbocycles. The second-order valence-electron chi connectivity index (χ2n) is 4.78. The van der Waals surface area contributed by atoms with E-state index in [-0.39, 0.29) is 28.8 Å². The van der Waals surface area contributed by atoms with Gasteiger partial charge in [-0.05, 0) is 18.9 Å². The zero-order chi connectivity index (χ0) is 15.4. The van der Waals surface area contributed by atoms with Crippen LogP contribution >= 0.6 is 0 Å². The smallest absolute Gasteiger partial charge is 0.337 e. The van der Waals surface area contributed by atoms with Crippen LogP contribution in [-0.2, 0) is 4.79 Å². The summed E-state index contributed by atoms with van der Waals surface area (Å²) in [5.74, 6) is -1.07. The Balaban J connectivity index is 1.96. The average molecular weight is 293 g/mol. The molecule has 0 saturated heterocycles. The average Bonchev–Trinajstić information content (AvgIpc) is 3.27. The fraction of sp³-hybridized carbons (Fsp3) is 0.385. The van der Waals surface area contributed by atoms with Crippen LogP contribution in [0.1, 0.15) is 23.2 Å². The summed E-state index contributed by atoms with van der Waals surface area (Å²) in [6, 6.07) is 3.50. The van der Waals surface area contributed by atoms with Gasteiger partial charge in [0.25, 0.3) is 5.69 Å². The minimum atomic E-state index is -1.17. The third-order valence-corrected chi connectivity index (χ3v) is 3.13. The number of anilines is 1. The number of nitro benzene ring substituents is 1. The zero-order valence-electron chi connectivity index (χ0n) is 11.2. The van der Waals surface area contributed by atoms with Gasteiger partial charge in [0.05, 0.1) is 16.2 Å². The Morgan fingerprint density at radius 3 is 2.62 bits per heavy atom. The van der Waals surface area contributed by atoms with Crippen LogP contribution < -0.4 is 10.6 Å². The number of hydrogen-bond acceptors (Lipinski definition) is 5. The van der Waals surface area contributed by atoms with E-state index in [0.29, 0.717) is 13.1 Å². The molecule has 1 aromatic rings. The van der Waals surface area contributed by atoms with E-state index in [9.17, 15) is 19.7 Å². The third kappa shape index (κ3) is 3.91. The number of nitrogens with zero attached hydrogens (tertiary/aromatic N) is 1. The van der Waals surface area contributed by atoms with Crippen molar-refractivity contribution in [2.45, 2.75) is 12.8 Å². The van der Waals surface area contributed by atoms with Gasteiger partial charge in [0.1, 0.15) is 0 Å². The molecule has 0 spiro atoms. The lowest BCUT2D eigenvalue weighted by atomic mass is 10.1. The van der Waals surface area contributed by atoms with Gasteiger partial charge in [0.15, 0.2) is 0 Å². The van der Waals surface area contributed by atoms with Gasteiger partial charge in [0, 0.05) is 31.1 Å². The van der Waals surface area contributed by atoms with Crippen molar-refractivity contribution in [2.75, 3.05) is 18.4 Å². The van der Waals surface area contributed by atoms with Gasteiger partial charge in [-0.15, -0.1) is 0 Å². The maximum absolute atomic E-state index is 11.4. The number of benzene rings is 1. The van der Waals surface area contributed by atoms with Crippen LogP contribution in [0.4, 0.5) is 11.4 Å². The molecule has 8 heteroatoms. The molecule has 0 unspecified atom stereocenters. The molecule has 0 aliphatic heterocycles. The van der Waals surface area contributed by atoms with E-state index in [1.54, 1.807) is 0 Å². The predicted molar refractivity (Wildman–Crippen MR) is 74.3 cm³/mol. The van der Waals surface area contributed by atoms with Crippen LogP contribution in [0.2, 0.25) is 0 Å². The standard InChI is InChI=1S/C13H15N3O5/c17-12(8-1-2-8)15-6-5-14-11-7-9(16(20)21)3-4-10(11)13(18)19/h3-4,7-8,14H,1-2,5-6H2,(H,15,17)(H,18,19). The SMILES string of the molecule is O=C(O)c1ccc([N+](=O)[O-])cc1NCCNC(=O)C1CC1. The van der Waals surface area contributed by atoms with E-state index in [4.69, 9.17) is 5.11 Å². The number of aromatic carboxylic acids is 1. The Kier molecular flexibility index (Phi) is 4.36. The molecule has 1 fully saturated rings. The van der Waals surface area contributed by atoms with Crippen molar-refractivity contribution >= 4 is 23.3 Å². The highest BCUT2D eigenvalue weighted by Crippen LogP contribution is 2.28. The number of non-ortho nitro benzene ring substituents is 1. The van der Waals surface area contributed by atoms with E-state index in [2.05, 4.69) is 10.6 Å². The van der Waals surface area contributed by atoms with Gasteiger partial charge in [0.2, 0.25) is 5.91 Å². The molecule has 8 nitrogen and oxygen atoms in total. The molecular weight excluding hydrogens is 278 g/mol. The summed E-state index contributed by atoms with van der Waals surface area (Å²) in [5.41, 5.74) is -0.0731. The van der Waals surface area contributed by atoms with Crippen LogP contribution in [0, 0.1) is 16.0 Å². The molecule has 1 aliphatic rings. The molecule has 1 amide bonds. The maximum Gasteiger partial charge on any atom is 0.337 e. The number of rotatable bonds is 7. The largest absolute Gasteiger partial charge is 0.478 e. The minimum Gasteiger partial charge on any atom is -0.478 e. The molecule has 0 aromatic heterocycles. The minimum absolute atomic E-state index is 0.00528. The fourth-order valence-corrected chi connectivity index (χ4v) is 1.85. The lowest BCUT2D eigenvalue weighted by molar-refractivity contribution is -0.384. The van der Waals surface area contributed by atoms with Crippen molar-refractivity contribution in [3.05, 3.63) is 33.9 Å². The third-order valence-electron chi connectivity index (χ3n) is 3.13. The maximum atomic E-state index is 11.4. The first kappa shape index (κ1) is 14.8. The van der Waals surface area contributed by atoms with Gasteiger partial charge in [-0.1, -0.05) is 0 Å². The molecule has 1 saturated carbocycles. The number of carboxylic acid groups (broad SMARTS) is 1. The quantitative estimate of drug-likeness (QED) is 0.395. The number of carboxylic acids is 1. The van der Waals surface area contributed by atoms with E-state index in [1.807, 2.05) is 0 Å². The lowest BCUT2D eigenvalue weighted by Crippen LogP contribution is -2.30. The highest BCUT2D eigenvalue weighted by Gasteiger charge is 2.29. The molecule has 1 aromatic carbocycles. The zero-order valence-corrected chi connectivity index (χ0v) is 11.2. The molecule has 0 bridgehead atoms. The number of hydrogen-bond donors (Lipinski definition) is 3. The van der Waals surface area contributed by atoms with E-state index in [0.717, 1.165) is 18.9 Å². The molecule has 0 heterocycles. The highest BCUT2D eigenvalue weighted by atomic mass is 16.6. The van der Waals surface area contributed by atoms with Gasteiger partial charge >= 0.3 is 5.97 Å². The number of nitro groups is 1. The van der Waals surface area contributed by atoms with Crippen LogP contribution in [0.5, 0.6) is 0 Å². The Labute approximate surface area is 120 Å². The second-order valence-corrected chi connectivity index (χ2v) is 4.78. The number of nitrogens with one attached hydrogen (secondary N) is 2. The van der Waals surface area contributed by atoms with Crippen molar-refractivity contribution in [2.24, 2.45) is 5.92 Å². The van der Waals surface area contributed by atoms with Crippen molar-refractivity contribution in [3.8, 4) is 0 Å². The summed E-state index contributed by atoms with van der Waals surface area (Å²) < 4.78 is 0. The first-order valence-corrected chi connectivity index (χ1v) is 6.52. The first-order valence-electron chi connectivity index (χ1n) is 6.52. The number of carbonyl (C=O) groups is 2. The molecule has 0 atom stereocenters. The summed E-state index contributed by atoms with van der Waals surface area (Å²) in [7, 11) is 0. The van der Waals surface area contributed by atoms with Crippen LogP contribution in [0.15, 0.2) is 18.2 Å². The van der Waals surface area contributed by atoms with E-state index < -0.39 is 10.9 Å². The monoisotopic (exact) mass is 293 g/mol. The summed E-state index contributed by atoms with van der Waals surface area (Å²) in [4.78, 5) is 32.6. The van der Waals surface area contributed by atoms with E-state index in [1.165, 1.54) is 12.1 Å². The van der Waals surface area contributed by atoms with Crippen molar-refractivity contribution in [3.63, 3.8) is 0 Å². The topological polar surface area (TPSA) is 122 Å². The lowest BCUT2D eigenvalue weighted by Gasteiger charge is -2.10. The fourth-order valence-electron chi connectivity index (χ4n) is 1.85. The Hall–Kier alpha value is -2.64. The Morgan fingerprint density at radius 1 is 1.33 bits per heavy atom. The summed E-state index contributed by atoms with van der Waals surface area (Å²) in [6.07, 6.45) is 1.82. The van der Waals surface area contributed by atoms with Crippen LogP contribution in [-0.4, -0.2) is 35.0 Å². The summed E-state index contributed by atoms with van der Waals surface area (Å²) in [5, 5.41) is 25.3. The predicted octanol–water partition coefficient (Wildman–Crippen LogP) is 1.23. The number of carbonyl (C=O) groups excluding carboxylic acids is 1. The van der Waals surface area contributed by atoms with Crippen molar-refractivity contribution in [1.82, 2.24) is 5.32 Å². The van der Waals surface area contributed by atoms with E-state index >= 15 is 0 Å². The van der Waals surface area contributed by atoms with Crippen molar-refractivity contribution < 1.29 is 19.6 Å². The molecular formula is C13H15N3O5. The van der Waals surface area contributed by atoms with Crippen LogP contribution in [0.3, 0.4) is 0 Å². The van der Waals surface area contributed by atoms with Crippen LogP contribution in [0.25, 0.3) is 0 Å². The van der Waals surface area contributed by atoms with Gasteiger partial charge in [-0.2, -0.15) is 0 Å². The molecule has 3 N–H and O–H groups in total. The van der Waals surface area contributed by atoms with Gasteiger partial charge in [-0.25, -0.2) is 4.79 Å². The highest BCUT2D eigenvalue weighted by molar-refractivity contribution is 5.94. The second kappa shape index (κ2) is 6.21. The molecule has 112 valence electrons. The normalized spacial score (nSPS) is 13.5. The molecule has 0 radical (unpaired) electrons. The molecule has 2 rings (SSSR count). The van der Waals surface area contributed by atoms with Gasteiger partial charge < -0.3 is 15.7 Å². The Bertz CT molecular complexity index is 583. The molecule has 21 heavy (non-hydrogen) atoms. The van der Waals surface area contributed by atoms with Gasteiger partial charge in [-0.3, -0.25) is 14.9 Å². The number of amides is 1. The van der Waals surface area contributed by atoms with Crippen molar-refractivity contribution in [1.29, 1.82) is 0 Å². The summed E-state index contributed by atoms with van der Waals surface area (Å²) in [6.45, 7) is 0.622.